The molecule has 62 valence electrons. The summed E-state index contributed by atoms with van der Waals surface area (Å²) in [5.41, 5.74) is 0. The van der Waals surface area contributed by atoms with Crippen molar-refractivity contribution < 1.29 is 9.90 Å². The molecule has 4 N–H and O–H groups in total. The fraction of sp³-hybridized carbons (Fsp3) is 0.600. The molecule has 1 heterocycles. The van der Waals surface area contributed by atoms with Crippen molar-refractivity contribution in [2.24, 2.45) is 5.84 Å². The van der Waals surface area contributed by atoms with E-state index in [-0.39, 0.29) is 12.5 Å². The molecule has 0 bridgehead atoms. The normalized spacial score (nSPS) is 17.7. The molecule has 0 atom stereocenters. The Bertz CT molecular complexity index is 193. The van der Waals surface area contributed by atoms with E-state index in [9.17, 15) is 4.79 Å². The Hall–Kier alpha value is -1.30. The Kier molecular flexibility index (Phi) is 1.95. The summed E-state index contributed by atoms with van der Waals surface area (Å²) >= 11 is 0. The van der Waals surface area contributed by atoms with Crippen LogP contribution in [0.3, 0.4) is 0 Å². The summed E-state index contributed by atoms with van der Waals surface area (Å²) in [4.78, 5) is 11.6. The first kappa shape index (κ1) is 7.80. The first-order valence-corrected chi connectivity index (χ1v) is 3.19. The second-order valence-corrected chi connectivity index (χ2v) is 2.33. The average Bonchev–Trinajstić information content (AvgIpc) is 2.18. The maximum absolute atomic E-state index is 10.2. The molecule has 0 aromatic carbocycles. The number of carboxylic acid groups (broad SMARTS) is 1. The van der Waals surface area contributed by atoms with Gasteiger partial charge in [-0.2, -0.15) is 0 Å². The lowest BCUT2D eigenvalue weighted by Gasteiger charge is -2.15. The van der Waals surface area contributed by atoms with Gasteiger partial charge in [0.25, 0.3) is 0 Å². The number of carbonyl (C=O) groups is 1. The minimum absolute atomic E-state index is 0.0763. The number of nitrogens with two attached hydrogens (primary N) is 1. The lowest BCUT2D eigenvalue weighted by molar-refractivity contribution is -0.137. The second kappa shape index (κ2) is 2.75. The Labute approximate surface area is 63.7 Å². The van der Waals surface area contributed by atoms with Crippen molar-refractivity contribution in [1.82, 2.24) is 9.91 Å². The van der Waals surface area contributed by atoms with E-state index in [1.807, 2.05) is 0 Å². The number of guanidine groups is 1. The van der Waals surface area contributed by atoms with E-state index in [1.54, 1.807) is 0 Å². The predicted molar refractivity (Wildman–Crippen MR) is 37.8 cm³/mol. The Balaban J connectivity index is 2.49. The Morgan fingerprint density at radius 2 is 2.36 bits per heavy atom. The van der Waals surface area contributed by atoms with Crippen LogP contribution in [0.5, 0.6) is 0 Å². The van der Waals surface area contributed by atoms with Gasteiger partial charge in [0.2, 0.25) is 5.96 Å². The van der Waals surface area contributed by atoms with E-state index in [2.05, 4.69) is 0 Å². The molecule has 0 spiro atoms. The first-order chi connectivity index (χ1) is 5.11. The monoisotopic (exact) mass is 158 g/mol. The molecule has 0 aromatic heterocycles. The number of rotatable bonds is 2. The summed E-state index contributed by atoms with van der Waals surface area (Å²) in [6, 6.07) is 0. The number of nitrogens with zero attached hydrogens (tertiary/aromatic N) is 2. The average molecular weight is 158 g/mol. The molecule has 0 aromatic rings. The lowest BCUT2D eigenvalue weighted by atomic mass is 10.5. The summed E-state index contributed by atoms with van der Waals surface area (Å²) in [6.07, 6.45) is 0. The third-order valence-corrected chi connectivity index (χ3v) is 1.51. The Morgan fingerprint density at radius 3 is 2.73 bits per heavy atom. The summed E-state index contributed by atoms with van der Waals surface area (Å²) in [5.74, 6) is 4.46. The lowest BCUT2D eigenvalue weighted by Crippen LogP contribution is -2.39. The van der Waals surface area contributed by atoms with Crippen LogP contribution in [-0.4, -0.2) is 46.6 Å². The van der Waals surface area contributed by atoms with Crippen molar-refractivity contribution in [3.8, 4) is 0 Å². The number of hydrogen-bond donors (Lipinski definition) is 3. The van der Waals surface area contributed by atoms with Gasteiger partial charge in [-0.15, -0.1) is 0 Å². The van der Waals surface area contributed by atoms with Crippen LogP contribution in [0.15, 0.2) is 0 Å². The molecule has 11 heavy (non-hydrogen) atoms. The van der Waals surface area contributed by atoms with E-state index in [1.165, 1.54) is 9.91 Å². The molecule has 1 saturated heterocycles. The quantitative estimate of drug-likeness (QED) is 0.425. The van der Waals surface area contributed by atoms with Gasteiger partial charge in [0.15, 0.2) is 0 Å². The third-order valence-electron chi connectivity index (χ3n) is 1.51. The van der Waals surface area contributed by atoms with Crippen LogP contribution >= 0.6 is 0 Å². The van der Waals surface area contributed by atoms with Crippen molar-refractivity contribution in [2.45, 2.75) is 0 Å². The molecule has 1 aliphatic rings. The predicted octanol–water partition coefficient (Wildman–Crippen LogP) is -1.50. The molecule has 1 fully saturated rings. The van der Waals surface area contributed by atoms with Gasteiger partial charge in [0.05, 0.1) is 6.54 Å². The van der Waals surface area contributed by atoms with Crippen LogP contribution in [0.25, 0.3) is 0 Å². The zero-order valence-electron chi connectivity index (χ0n) is 5.95. The number of nitrogens with one attached hydrogen (secondary N) is 1. The third kappa shape index (κ3) is 1.58. The highest BCUT2D eigenvalue weighted by Crippen LogP contribution is 2.01. The van der Waals surface area contributed by atoms with Crippen molar-refractivity contribution >= 4 is 11.9 Å². The van der Waals surface area contributed by atoms with Gasteiger partial charge in [-0.05, 0) is 0 Å². The molecular formula is C5H10N4O2. The molecule has 0 aliphatic carbocycles. The van der Waals surface area contributed by atoms with Crippen molar-refractivity contribution in [1.29, 1.82) is 5.41 Å². The van der Waals surface area contributed by atoms with Gasteiger partial charge in [-0.25, -0.2) is 5.84 Å². The van der Waals surface area contributed by atoms with Crippen LogP contribution in [-0.2, 0) is 4.79 Å². The van der Waals surface area contributed by atoms with Gasteiger partial charge in [0, 0.05) is 6.54 Å². The zero-order chi connectivity index (χ0) is 8.43. The molecule has 0 radical (unpaired) electrons. The maximum atomic E-state index is 10.2. The summed E-state index contributed by atoms with van der Waals surface area (Å²) in [5, 5.41) is 16.9. The molecule has 1 aliphatic heterocycles. The fourth-order valence-electron chi connectivity index (χ4n) is 0.939. The van der Waals surface area contributed by atoms with E-state index < -0.39 is 5.97 Å². The molecule has 0 amide bonds. The second-order valence-electron chi connectivity index (χ2n) is 2.33. The van der Waals surface area contributed by atoms with E-state index in [4.69, 9.17) is 16.4 Å². The smallest absolute Gasteiger partial charge is 0.323 e. The van der Waals surface area contributed by atoms with Gasteiger partial charge in [-0.1, -0.05) is 0 Å². The number of carboxylic acids is 1. The van der Waals surface area contributed by atoms with Crippen LogP contribution in [0.1, 0.15) is 0 Å². The van der Waals surface area contributed by atoms with Gasteiger partial charge >= 0.3 is 5.97 Å². The molecule has 0 unspecified atom stereocenters. The van der Waals surface area contributed by atoms with E-state index in [0.29, 0.717) is 13.1 Å². The minimum Gasteiger partial charge on any atom is -0.480 e. The molecule has 6 heteroatoms. The van der Waals surface area contributed by atoms with Gasteiger partial charge in [-0.3, -0.25) is 15.2 Å². The van der Waals surface area contributed by atoms with Crippen LogP contribution in [0.4, 0.5) is 0 Å². The largest absolute Gasteiger partial charge is 0.480 e. The van der Waals surface area contributed by atoms with Gasteiger partial charge < -0.3 is 10.0 Å². The summed E-state index contributed by atoms with van der Waals surface area (Å²) in [7, 11) is 0. The van der Waals surface area contributed by atoms with Crippen LogP contribution < -0.4 is 5.84 Å². The van der Waals surface area contributed by atoms with Crippen molar-refractivity contribution in [3.63, 3.8) is 0 Å². The Morgan fingerprint density at radius 1 is 1.73 bits per heavy atom. The first-order valence-electron chi connectivity index (χ1n) is 3.19. The highest BCUT2D eigenvalue weighted by Gasteiger charge is 2.23. The van der Waals surface area contributed by atoms with Crippen molar-refractivity contribution in [2.75, 3.05) is 19.6 Å². The molecule has 6 nitrogen and oxygen atoms in total. The number of hydrogen-bond acceptors (Lipinski definition) is 3. The van der Waals surface area contributed by atoms with E-state index >= 15 is 0 Å². The topological polar surface area (TPSA) is 93.7 Å². The number of hydrazine groups is 1. The fourth-order valence-corrected chi connectivity index (χ4v) is 0.939. The molecular weight excluding hydrogens is 148 g/mol. The SMILES string of the molecule is N=C1N(N)CCN1CC(=O)O. The van der Waals surface area contributed by atoms with Gasteiger partial charge in [0.1, 0.15) is 6.54 Å². The standard InChI is InChI=1S/C5H10N4O2/c6-5-8(3-4(10)11)1-2-9(5)7/h6H,1-3,7H2,(H,10,11). The maximum Gasteiger partial charge on any atom is 0.323 e. The van der Waals surface area contributed by atoms with Crippen LogP contribution in [0.2, 0.25) is 0 Å². The molecule has 0 saturated carbocycles. The van der Waals surface area contributed by atoms with Crippen LogP contribution in [0, 0.1) is 5.41 Å². The highest BCUT2D eigenvalue weighted by molar-refractivity contribution is 5.82. The van der Waals surface area contributed by atoms with Crippen molar-refractivity contribution in [3.05, 3.63) is 0 Å². The highest BCUT2D eigenvalue weighted by atomic mass is 16.4. The number of aliphatic carboxylic acids is 1. The minimum atomic E-state index is -0.940. The molecule has 1 rings (SSSR count). The summed E-state index contributed by atoms with van der Waals surface area (Å²) in [6.45, 7) is 0.889. The zero-order valence-corrected chi connectivity index (χ0v) is 5.95. The van der Waals surface area contributed by atoms with E-state index in [0.717, 1.165) is 0 Å². The summed E-state index contributed by atoms with van der Waals surface area (Å²) < 4.78 is 0.